The molecule has 0 radical (unpaired) electrons. The normalized spacial score (nSPS) is 27.0. The van der Waals surface area contributed by atoms with Gasteiger partial charge in [-0.3, -0.25) is 9.69 Å². The average Bonchev–Trinajstić information content (AvgIpc) is 3.36. The number of piperazine rings is 1. The first-order valence-corrected chi connectivity index (χ1v) is 12.5. The standard InChI is InChI=1S/C27H30N4O6/c1-11-5-14-6-16-18(8-28)31-17(22(30-16)20(14)23(33)24(11)34-4)7-15-21(19(31)9-29)27-26(35-10-36-27)12(2)25(15)37-13(3)32/h5,16-19,22,30,33H,6-7,9-10,29H2,1-4H3/t16?,17?,18-,19-,22+/m0/s1. The van der Waals surface area contributed by atoms with Gasteiger partial charge in [-0.15, -0.1) is 0 Å². The summed E-state index contributed by atoms with van der Waals surface area (Å²) in [4.78, 5) is 14.3. The number of phenolic OH excluding ortho intramolecular Hbond substituents is 1. The molecule has 4 heterocycles. The SMILES string of the molecule is COc1c(C)cc2c(c1O)[C@@H]1NC(C2)[C@H](C#N)N2C1Cc1c(OC(C)=O)c(C)c3c(c1[C@@H]2CN)OCO3. The van der Waals surface area contributed by atoms with Crippen LogP contribution >= 0.6 is 0 Å². The van der Waals surface area contributed by atoms with Crippen molar-refractivity contribution in [1.29, 1.82) is 5.26 Å². The molecular weight excluding hydrogens is 476 g/mol. The van der Waals surface area contributed by atoms with E-state index in [2.05, 4.69) is 16.3 Å². The van der Waals surface area contributed by atoms with Gasteiger partial charge in [0.25, 0.3) is 0 Å². The molecule has 0 saturated carbocycles. The van der Waals surface area contributed by atoms with Crippen LogP contribution in [0.1, 0.15) is 52.4 Å². The van der Waals surface area contributed by atoms with E-state index in [1.165, 1.54) is 6.92 Å². The highest BCUT2D eigenvalue weighted by molar-refractivity contribution is 5.74. The molecule has 2 bridgehead atoms. The van der Waals surface area contributed by atoms with Crippen LogP contribution in [0.4, 0.5) is 0 Å². The second-order valence-corrected chi connectivity index (χ2v) is 10.2. The molecule has 194 valence electrons. The maximum atomic E-state index is 12.1. The zero-order valence-corrected chi connectivity index (χ0v) is 21.3. The topological polar surface area (TPSA) is 139 Å². The molecule has 4 aliphatic rings. The first kappa shape index (κ1) is 23.9. The number of nitrogens with two attached hydrogens (primary N) is 1. The number of rotatable bonds is 3. The van der Waals surface area contributed by atoms with Gasteiger partial charge >= 0.3 is 5.97 Å². The van der Waals surface area contributed by atoms with Gasteiger partial charge < -0.3 is 35.1 Å². The Bertz CT molecular complexity index is 1370. The van der Waals surface area contributed by atoms with E-state index in [1.54, 1.807) is 7.11 Å². The molecule has 0 amide bonds. The third kappa shape index (κ3) is 3.24. The molecule has 0 spiro atoms. The Kier molecular flexibility index (Phi) is 5.49. The summed E-state index contributed by atoms with van der Waals surface area (Å²) in [6.07, 6.45) is 1.03. The summed E-state index contributed by atoms with van der Waals surface area (Å²) >= 11 is 0. The summed E-state index contributed by atoms with van der Waals surface area (Å²) in [6, 6.07) is 2.99. The van der Waals surface area contributed by atoms with Gasteiger partial charge in [0.05, 0.1) is 25.3 Å². The molecule has 5 atom stereocenters. The van der Waals surface area contributed by atoms with Gasteiger partial charge in [0, 0.05) is 47.8 Å². The summed E-state index contributed by atoms with van der Waals surface area (Å²) in [5.41, 5.74) is 11.4. The number of nitriles is 1. The van der Waals surface area contributed by atoms with Crippen molar-refractivity contribution >= 4 is 5.97 Å². The van der Waals surface area contributed by atoms with E-state index >= 15 is 0 Å². The summed E-state index contributed by atoms with van der Waals surface area (Å²) < 4.78 is 23.0. The van der Waals surface area contributed by atoms with Gasteiger partial charge in [-0.05, 0) is 37.8 Å². The molecule has 0 aromatic heterocycles. The van der Waals surface area contributed by atoms with Crippen LogP contribution in [-0.2, 0) is 17.6 Å². The van der Waals surface area contributed by atoms with E-state index in [0.717, 1.165) is 27.8 Å². The van der Waals surface area contributed by atoms with Crippen molar-refractivity contribution in [2.75, 3.05) is 20.4 Å². The maximum absolute atomic E-state index is 12.1. The molecule has 0 aliphatic carbocycles. The van der Waals surface area contributed by atoms with Crippen LogP contribution in [0.2, 0.25) is 0 Å². The molecule has 4 N–H and O–H groups in total. The average molecular weight is 507 g/mol. The van der Waals surface area contributed by atoms with Crippen LogP contribution in [-0.4, -0.2) is 54.5 Å². The monoisotopic (exact) mass is 506 g/mol. The fourth-order valence-corrected chi connectivity index (χ4v) is 6.93. The van der Waals surface area contributed by atoms with Crippen LogP contribution in [0, 0.1) is 25.2 Å². The van der Waals surface area contributed by atoms with Crippen molar-refractivity contribution in [3.8, 4) is 34.8 Å². The van der Waals surface area contributed by atoms with Gasteiger partial charge in [0.15, 0.2) is 23.0 Å². The van der Waals surface area contributed by atoms with Crippen LogP contribution in [0.3, 0.4) is 0 Å². The Balaban J connectivity index is 1.59. The number of benzene rings is 2. The minimum atomic E-state index is -0.475. The number of hydrogen-bond acceptors (Lipinski definition) is 10. The van der Waals surface area contributed by atoms with Crippen molar-refractivity contribution in [2.45, 2.75) is 63.8 Å². The predicted octanol–water partition coefficient (Wildman–Crippen LogP) is 2.06. The van der Waals surface area contributed by atoms with E-state index < -0.39 is 12.0 Å². The van der Waals surface area contributed by atoms with Crippen LogP contribution in [0.25, 0.3) is 0 Å². The number of phenols is 1. The number of hydrogen-bond donors (Lipinski definition) is 3. The molecule has 1 saturated heterocycles. The summed E-state index contributed by atoms with van der Waals surface area (Å²) in [5, 5.41) is 25.4. The minimum absolute atomic E-state index is 0.0573. The number of aryl methyl sites for hydroxylation is 1. The van der Waals surface area contributed by atoms with E-state index in [9.17, 15) is 15.2 Å². The number of carbonyl (C=O) groups is 1. The molecule has 10 heteroatoms. The smallest absolute Gasteiger partial charge is 0.308 e. The highest BCUT2D eigenvalue weighted by Crippen LogP contribution is 2.56. The Morgan fingerprint density at radius 2 is 2.03 bits per heavy atom. The Morgan fingerprint density at radius 1 is 1.27 bits per heavy atom. The zero-order chi connectivity index (χ0) is 26.2. The molecule has 6 rings (SSSR count). The molecule has 2 aromatic carbocycles. The highest BCUT2D eigenvalue weighted by Gasteiger charge is 2.54. The lowest BCUT2D eigenvalue weighted by Gasteiger charge is -2.56. The van der Waals surface area contributed by atoms with Crippen molar-refractivity contribution in [3.63, 3.8) is 0 Å². The molecule has 37 heavy (non-hydrogen) atoms. The van der Waals surface area contributed by atoms with Gasteiger partial charge in [-0.1, -0.05) is 6.07 Å². The van der Waals surface area contributed by atoms with Gasteiger partial charge in [-0.2, -0.15) is 5.26 Å². The minimum Gasteiger partial charge on any atom is -0.504 e. The van der Waals surface area contributed by atoms with Crippen molar-refractivity contribution in [1.82, 2.24) is 10.2 Å². The van der Waals surface area contributed by atoms with E-state index in [1.807, 2.05) is 19.9 Å². The third-order valence-electron chi connectivity index (χ3n) is 8.23. The molecule has 1 fully saturated rings. The lowest BCUT2D eigenvalue weighted by atomic mass is 9.72. The number of methoxy groups -OCH3 is 1. The number of nitrogens with zero attached hydrogens (tertiary/aromatic N) is 2. The number of aromatic hydroxyl groups is 1. The highest BCUT2D eigenvalue weighted by atomic mass is 16.7. The fraction of sp³-hybridized carbons (Fsp3) is 0.481. The molecule has 2 unspecified atom stereocenters. The van der Waals surface area contributed by atoms with E-state index in [0.29, 0.717) is 41.4 Å². The number of nitrogens with one attached hydrogen (secondary N) is 1. The van der Waals surface area contributed by atoms with Crippen molar-refractivity contribution in [2.24, 2.45) is 5.73 Å². The van der Waals surface area contributed by atoms with E-state index in [4.69, 9.17) is 24.7 Å². The van der Waals surface area contributed by atoms with Gasteiger partial charge in [0.2, 0.25) is 6.79 Å². The van der Waals surface area contributed by atoms with Crippen LogP contribution in [0.5, 0.6) is 28.7 Å². The second kappa shape index (κ2) is 8.52. The quantitative estimate of drug-likeness (QED) is 0.419. The zero-order valence-electron chi connectivity index (χ0n) is 21.3. The van der Waals surface area contributed by atoms with Crippen molar-refractivity contribution < 1.29 is 28.8 Å². The predicted molar refractivity (Wildman–Crippen MR) is 132 cm³/mol. The summed E-state index contributed by atoms with van der Waals surface area (Å²) in [5.74, 6) is 1.70. The molecule has 4 aliphatic heterocycles. The number of carbonyl (C=O) groups excluding carboxylic acids is 1. The van der Waals surface area contributed by atoms with Gasteiger partial charge in [-0.25, -0.2) is 0 Å². The maximum Gasteiger partial charge on any atom is 0.308 e. The lowest BCUT2D eigenvalue weighted by Crippen LogP contribution is -2.68. The summed E-state index contributed by atoms with van der Waals surface area (Å²) in [6.45, 7) is 5.40. The van der Waals surface area contributed by atoms with Crippen molar-refractivity contribution in [3.05, 3.63) is 39.4 Å². The number of fused-ring (bicyclic) bond motifs is 9. The molecule has 2 aromatic rings. The Labute approximate surface area is 214 Å². The van der Waals surface area contributed by atoms with Crippen LogP contribution in [0.15, 0.2) is 6.07 Å². The molecule has 10 nitrogen and oxygen atoms in total. The molecular formula is C27H30N4O6. The largest absolute Gasteiger partial charge is 0.504 e. The first-order chi connectivity index (χ1) is 17.8. The fourth-order valence-electron chi connectivity index (χ4n) is 6.93. The second-order valence-electron chi connectivity index (χ2n) is 10.2. The van der Waals surface area contributed by atoms with Gasteiger partial charge in [0.1, 0.15) is 11.8 Å². The number of esters is 1. The first-order valence-electron chi connectivity index (χ1n) is 12.5. The lowest BCUT2D eigenvalue weighted by molar-refractivity contribution is -0.132. The summed E-state index contributed by atoms with van der Waals surface area (Å²) in [7, 11) is 1.55. The Hall–Kier alpha value is -3.52. The third-order valence-corrected chi connectivity index (χ3v) is 8.23. The Morgan fingerprint density at radius 3 is 2.70 bits per heavy atom. The number of ether oxygens (including phenoxy) is 4. The van der Waals surface area contributed by atoms with E-state index in [-0.39, 0.29) is 43.3 Å². The van der Waals surface area contributed by atoms with Crippen LogP contribution < -0.4 is 30.0 Å².